The number of aryl methyl sites for hydroxylation is 3. The summed E-state index contributed by atoms with van der Waals surface area (Å²) >= 11 is 0. The van der Waals surface area contributed by atoms with Crippen LogP contribution in [-0.4, -0.2) is 21.0 Å². The van der Waals surface area contributed by atoms with Crippen LogP contribution in [0.25, 0.3) is 0 Å². The second kappa shape index (κ2) is 6.37. The summed E-state index contributed by atoms with van der Waals surface area (Å²) in [4.78, 5) is 16.7. The largest absolute Gasteiger partial charge is 0.294 e. The van der Waals surface area contributed by atoms with Crippen molar-refractivity contribution >= 4 is 5.78 Å². The first kappa shape index (κ1) is 14.3. The van der Waals surface area contributed by atoms with Gasteiger partial charge in [0.15, 0.2) is 5.78 Å². The lowest BCUT2D eigenvalue weighted by molar-refractivity contribution is 0.0990. The van der Waals surface area contributed by atoms with Gasteiger partial charge in [-0.1, -0.05) is 19.9 Å². The van der Waals surface area contributed by atoms with E-state index in [1.54, 1.807) is 0 Å². The number of carbonyl (C=O) groups is 1. The van der Waals surface area contributed by atoms with Crippen molar-refractivity contribution in [1.29, 1.82) is 0 Å². The molecule has 0 bridgehead atoms. The molecule has 0 aliphatic carbocycles. The average Bonchev–Trinajstić information content (AvgIpc) is 2.48. The quantitative estimate of drug-likeness (QED) is 0.783. The SMILES string of the molecule is CCc1ccc(CC(=O)c2cc(C)nnc2CC)nc1. The van der Waals surface area contributed by atoms with Crippen LogP contribution in [0.3, 0.4) is 0 Å². The number of hydrogen-bond donors (Lipinski definition) is 0. The molecule has 0 aliphatic heterocycles. The van der Waals surface area contributed by atoms with Gasteiger partial charge in [0.05, 0.1) is 17.8 Å². The van der Waals surface area contributed by atoms with Crippen LogP contribution in [-0.2, 0) is 19.3 Å². The van der Waals surface area contributed by atoms with Gasteiger partial charge in [0, 0.05) is 17.5 Å². The summed E-state index contributed by atoms with van der Waals surface area (Å²) in [6.07, 6.45) is 3.80. The lowest BCUT2D eigenvalue weighted by Gasteiger charge is -2.06. The number of rotatable bonds is 5. The number of pyridine rings is 1. The summed E-state index contributed by atoms with van der Waals surface area (Å²) in [6.45, 7) is 5.91. The number of aromatic nitrogens is 3. The van der Waals surface area contributed by atoms with Gasteiger partial charge in [-0.05, 0) is 37.5 Å². The highest BCUT2D eigenvalue weighted by molar-refractivity contribution is 5.98. The summed E-state index contributed by atoms with van der Waals surface area (Å²) in [5, 5.41) is 8.10. The van der Waals surface area contributed by atoms with E-state index in [2.05, 4.69) is 22.1 Å². The molecule has 0 aliphatic rings. The molecular weight excluding hydrogens is 250 g/mol. The third-order valence-corrected chi connectivity index (χ3v) is 3.26. The molecule has 0 atom stereocenters. The monoisotopic (exact) mass is 269 g/mol. The van der Waals surface area contributed by atoms with E-state index in [-0.39, 0.29) is 5.78 Å². The molecule has 2 aromatic heterocycles. The molecule has 0 saturated heterocycles. The third kappa shape index (κ3) is 3.26. The van der Waals surface area contributed by atoms with Crippen molar-refractivity contribution in [1.82, 2.24) is 15.2 Å². The second-order valence-electron chi connectivity index (χ2n) is 4.81. The molecule has 2 heterocycles. The lowest BCUT2D eigenvalue weighted by Crippen LogP contribution is -2.11. The van der Waals surface area contributed by atoms with E-state index in [1.807, 2.05) is 38.2 Å². The van der Waals surface area contributed by atoms with Crippen LogP contribution in [0.5, 0.6) is 0 Å². The number of nitrogens with zero attached hydrogens (tertiary/aromatic N) is 3. The molecule has 4 nitrogen and oxygen atoms in total. The Morgan fingerprint density at radius 1 is 1.15 bits per heavy atom. The van der Waals surface area contributed by atoms with Gasteiger partial charge >= 0.3 is 0 Å². The van der Waals surface area contributed by atoms with Gasteiger partial charge < -0.3 is 0 Å². The van der Waals surface area contributed by atoms with E-state index in [0.717, 1.165) is 23.5 Å². The highest BCUT2D eigenvalue weighted by Crippen LogP contribution is 2.12. The predicted octanol–water partition coefficient (Wildman–Crippen LogP) is 2.73. The minimum Gasteiger partial charge on any atom is -0.294 e. The maximum atomic E-state index is 12.4. The summed E-state index contributed by atoms with van der Waals surface area (Å²) in [6, 6.07) is 5.75. The fourth-order valence-corrected chi connectivity index (χ4v) is 2.05. The van der Waals surface area contributed by atoms with Gasteiger partial charge in [-0.3, -0.25) is 9.78 Å². The second-order valence-corrected chi connectivity index (χ2v) is 4.81. The first-order valence-corrected chi connectivity index (χ1v) is 6.94. The molecule has 0 fully saturated rings. The maximum Gasteiger partial charge on any atom is 0.170 e. The van der Waals surface area contributed by atoms with E-state index in [9.17, 15) is 4.79 Å². The molecule has 0 radical (unpaired) electrons. The summed E-state index contributed by atoms with van der Waals surface area (Å²) in [5.74, 6) is 0.0524. The Bertz CT molecular complexity index is 606. The molecule has 104 valence electrons. The van der Waals surface area contributed by atoms with E-state index < -0.39 is 0 Å². The molecule has 0 unspecified atom stereocenters. The zero-order chi connectivity index (χ0) is 14.5. The molecule has 0 aromatic carbocycles. The molecule has 0 amide bonds. The Balaban J connectivity index is 2.20. The summed E-state index contributed by atoms with van der Waals surface area (Å²) in [5.41, 5.74) is 4.16. The smallest absolute Gasteiger partial charge is 0.170 e. The van der Waals surface area contributed by atoms with Crippen LogP contribution in [0.2, 0.25) is 0 Å². The van der Waals surface area contributed by atoms with Crippen LogP contribution in [0.1, 0.15) is 46.9 Å². The van der Waals surface area contributed by atoms with E-state index in [0.29, 0.717) is 18.4 Å². The lowest BCUT2D eigenvalue weighted by atomic mass is 10.0. The van der Waals surface area contributed by atoms with Crippen molar-refractivity contribution in [2.24, 2.45) is 0 Å². The molecule has 2 rings (SSSR count). The van der Waals surface area contributed by atoms with Gasteiger partial charge in [0.1, 0.15) is 0 Å². The van der Waals surface area contributed by atoms with Crippen molar-refractivity contribution in [3.05, 3.63) is 52.6 Å². The first-order valence-electron chi connectivity index (χ1n) is 6.94. The van der Waals surface area contributed by atoms with Gasteiger partial charge in [0.2, 0.25) is 0 Å². The Hall–Kier alpha value is -2.10. The van der Waals surface area contributed by atoms with Crippen LogP contribution >= 0.6 is 0 Å². The maximum absolute atomic E-state index is 12.4. The van der Waals surface area contributed by atoms with E-state index in [1.165, 1.54) is 5.56 Å². The van der Waals surface area contributed by atoms with Crippen molar-refractivity contribution in [2.45, 2.75) is 40.0 Å². The van der Waals surface area contributed by atoms with Gasteiger partial charge in [-0.2, -0.15) is 10.2 Å². The normalized spacial score (nSPS) is 10.6. The molecule has 20 heavy (non-hydrogen) atoms. The predicted molar refractivity (Wildman–Crippen MR) is 77.8 cm³/mol. The molecule has 0 saturated carbocycles. The topological polar surface area (TPSA) is 55.7 Å². The first-order chi connectivity index (χ1) is 9.63. The van der Waals surface area contributed by atoms with Gasteiger partial charge in [-0.25, -0.2) is 0 Å². The molecule has 0 N–H and O–H groups in total. The summed E-state index contributed by atoms with van der Waals surface area (Å²) < 4.78 is 0. The number of carbonyl (C=O) groups excluding carboxylic acids is 1. The Morgan fingerprint density at radius 3 is 2.55 bits per heavy atom. The fourth-order valence-electron chi connectivity index (χ4n) is 2.05. The van der Waals surface area contributed by atoms with Crippen LogP contribution in [0, 0.1) is 6.92 Å². The van der Waals surface area contributed by atoms with Crippen LogP contribution in [0.4, 0.5) is 0 Å². The highest BCUT2D eigenvalue weighted by Gasteiger charge is 2.14. The van der Waals surface area contributed by atoms with Crippen LogP contribution in [0.15, 0.2) is 24.4 Å². The highest BCUT2D eigenvalue weighted by atomic mass is 16.1. The van der Waals surface area contributed by atoms with Gasteiger partial charge in [-0.15, -0.1) is 0 Å². The summed E-state index contributed by atoms with van der Waals surface area (Å²) in [7, 11) is 0. The fraction of sp³-hybridized carbons (Fsp3) is 0.375. The Labute approximate surface area is 119 Å². The van der Waals surface area contributed by atoms with Crippen molar-refractivity contribution < 1.29 is 4.79 Å². The minimum atomic E-state index is 0.0524. The Kier molecular flexibility index (Phi) is 4.56. The average molecular weight is 269 g/mol. The zero-order valence-electron chi connectivity index (χ0n) is 12.2. The van der Waals surface area contributed by atoms with Crippen molar-refractivity contribution in [3.8, 4) is 0 Å². The van der Waals surface area contributed by atoms with Gasteiger partial charge in [0.25, 0.3) is 0 Å². The standard InChI is InChI=1S/C16H19N3O/c1-4-12-6-7-13(17-10-12)9-16(20)14-8-11(3)18-19-15(14)5-2/h6-8,10H,4-5,9H2,1-3H3. The number of Topliss-reactive ketones (excluding diaryl/α,β-unsaturated/α-hetero) is 1. The van der Waals surface area contributed by atoms with Crippen molar-refractivity contribution in [2.75, 3.05) is 0 Å². The van der Waals surface area contributed by atoms with Crippen molar-refractivity contribution in [3.63, 3.8) is 0 Å². The van der Waals surface area contributed by atoms with E-state index >= 15 is 0 Å². The number of hydrogen-bond acceptors (Lipinski definition) is 4. The third-order valence-electron chi connectivity index (χ3n) is 3.26. The molecule has 2 aromatic rings. The van der Waals surface area contributed by atoms with Crippen LogP contribution < -0.4 is 0 Å². The molecule has 0 spiro atoms. The number of ketones is 1. The minimum absolute atomic E-state index is 0.0524. The van der Waals surface area contributed by atoms with E-state index in [4.69, 9.17) is 0 Å². The molecular formula is C16H19N3O. The Morgan fingerprint density at radius 2 is 1.95 bits per heavy atom. The zero-order valence-corrected chi connectivity index (χ0v) is 12.2. The molecule has 4 heteroatoms.